The van der Waals surface area contributed by atoms with Crippen LogP contribution in [0.4, 0.5) is 5.69 Å². The summed E-state index contributed by atoms with van der Waals surface area (Å²) >= 11 is 0. The number of carbonyl (C=O) groups excluding carboxylic acids is 1. The number of aromatic amines is 1. The Bertz CT molecular complexity index is 1330. The molecule has 0 radical (unpaired) electrons. The summed E-state index contributed by atoms with van der Waals surface area (Å²) in [7, 11) is 0. The topological polar surface area (TPSA) is 140 Å². The van der Waals surface area contributed by atoms with Gasteiger partial charge in [0.05, 0.1) is 5.52 Å². The van der Waals surface area contributed by atoms with E-state index in [2.05, 4.69) is 38.3 Å². The predicted octanol–water partition coefficient (Wildman–Crippen LogP) is 4.23. The van der Waals surface area contributed by atoms with Gasteiger partial charge in [-0.1, -0.05) is 24.3 Å². The first-order valence-corrected chi connectivity index (χ1v) is 10.8. The number of H-pyrrole nitrogens is 1. The van der Waals surface area contributed by atoms with Gasteiger partial charge in [0, 0.05) is 16.5 Å². The summed E-state index contributed by atoms with van der Waals surface area (Å²) in [6.45, 7) is 4.16. The molecule has 0 saturated heterocycles. The number of rotatable bonds is 10. The van der Waals surface area contributed by atoms with Gasteiger partial charge in [0.2, 0.25) is 0 Å². The summed E-state index contributed by atoms with van der Waals surface area (Å²) in [5.41, 5.74) is 7.30. The van der Waals surface area contributed by atoms with Crippen LogP contribution < -0.4 is 10.5 Å². The summed E-state index contributed by atoms with van der Waals surface area (Å²) < 4.78 is 5.71. The van der Waals surface area contributed by atoms with E-state index in [4.69, 9.17) is 10.5 Å². The lowest BCUT2D eigenvalue weighted by atomic mass is 9.99. The van der Waals surface area contributed by atoms with E-state index in [-0.39, 0.29) is 28.7 Å². The average molecular weight is 457 g/mol. The van der Waals surface area contributed by atoms with Crippen LogP contribution in [0.5, 0.6) is 11.5 Å². The van der Waals surface area contributed by atoms with E-state index in [1.54, 1.807) is 42.5 Å². The maximum absolute atomic E-state index is 13.3. The number of benzene rings is 2. The summed E-state index contributed by atoms with van der Waals surface area (Å²) in [5, 5.41) is 24.4. The number of nitrogens with zero attached hydrogens (tertiary/aromatic N) is 4. The van der Waals surface area contributed by atoms with Crippen molar-refractivity contribution in [1.82, 2.24) is 25.6 Å². The SMILES string of the molecule is C=CCCC/C=C/COc1ccc(C(=O)c2cccc3c(O)c(N)c(-c4nnn[nH]4)nc23)cc1. The number of anilines is 1. The molecule has 172 valence electrons. The number of ether oxygens (including phenoxy) is 1. The normalized spacial score (nSPS) is 11.2. The van der Waals surface area contributed by atoms with Gasteiger partial charge in [-0.25, -0.2) is 10.1 Å². The highest BCUT2D eigenvalue weighted by Crippen LogP contribution is 2.37. The van der Waals surface area contributed by atoms with E-state index in [1.165, 1.54) is 0 Å². The molecular formula is C25H24N6O3. The van der Waals surface area contributed by atoms with Crippen LogP contribution in [0.2, 0.25) is 0 Å². The van der Waals surface area contributed by atoms with E-state index in [0.29, 0.717) is 34.4 Å². The fourth-order valence-electron chi connectivity index (χ4n) is 3.48. The zero-order valence-electron chi connectivity index (χ0n) is 18.4. The largest absolute Gasteiger partial charge is 0.505 e. The number of para-hydroxylation sites is 1. The van der Waals surface area contributed by atoms with Gasteiger partial charge in [0.1, 0.15) is 29.5 Å². The Morgan fingerprint density at radius 1 is 1.15 bits per heavy atom. The minimum atomic E-state index is -0.252. The Hall–Kier alpha value is -4.53. The molecule has 0 fully saturated rings. The van der Waals surface area contributed by atoms with Crippen molar-refractivity contribution in [1.29, 1.82) is 0 Å². The third-order valence-electron chi connectivity index (χ3n) is 5.25. The highest BCUT2D eigenvalue weighted by molar-refractivity contribution is 6.16. The molecule has 0 spiro atoms. The van der Waals surface area contributed by atoms with Crippen molar-refractivity contribution in [2.24, 2.45) is 0 Å². The molecule has 9 nitrogen and oxygen atoms in total. The molecule has 0 aliphatic carbocycles. The number of pyridine rings is 1. The number of tetrazole rings is 1. The van der Waals surface area contributed by atoms with Crippen LogP contribution in [0.25, 0.3) is 22.4 Å². The number of nitrogen functional groups attached to an aromatic ring is 1. The molecule has 4 rings (SSSR count). The summed E-state index contributed by atoms with van der Waals surface area (Å²) in [6.07, 6.45) is 9.02. The quantitative estimate of drug-likeness (QED) is 0.183. The van der Waals surface area contributed by atoms with Crippen LogP contribution in [0, 0.1) is 0 Å². The molecule has 4 N–H and O–H groups in total. The number of nitrogens with two attached hydrogens (primary N) is 1. The minimum Gasteiger partial charge on any atom is -0.505 e. The fraction of sp³-hybridized carbons (Fsp3) is 0.160. The van der Waals surface area contributed by atoms with Crippen LogP contribution in [0.3, 0.4) is 0 Å². The molecule has 2 aromatic carbocycles. The minimum absolute atomic E-state index is 0.0203. The van der Waals surface area contributed by atoms with E-state index < -0.39 is 0 Å². The summed E-state index contributed by atoms with van der Waals surface area (Å²) in [5.74, 6) is 0.409. The van der Waals surface area contributed by atoms with Crippen molar-refractivity contribution in [2.75, 3.05) is 12.3 Å². The molecule has 2 heterocycles. The van der Waals surface area contributed by atoms with Gasteiger partial charge in [0.15, 0.2) is 11.6 Å². The molecule has 34 heavy (non-hydrogen) atoms. The van der Waals surface area contributed by atoms with E-state index >= 15 is 0 Å². The predicted molar refractivity (Wildman–Crippen MR) is 130 cm³/mol. The zero-order chi connectivity index (χ0) is 23.9. The first kappa shape index (κ1) is 22.7. The van der Waals surface area contributed by atoms with E-state index in [0.717, 1.165) is 19.3 Å². The molecule has 0 aliphatic rings. The van der Waals surface area contributed by atoms with Crippen LogP contribution in [0.1, 0.15) is 35.2 Å². The Morgan fingerprint density at radius 2 is 1.97 bits per heavy atom. The Balaban J connectivity index is 1.55. The Kier molecular flexibility index (Phi) is 6.92. The molecule has 9 heteroatoms. The van der Waals surface area contributed by atoms with Crippen molar-refractivity contribution in [3.05, 3.63) is 78.4 Å². The molecule has 0 amide bonds. The molecule has 0 bridgehead atoms. The van der Waals surface area contributed by atoms with Crippen molar-refractivity contribution in [2.45, 2.75) is 19.3 Å². The van der Waals surface area contributed by atoms with Crippen molar-refractivity contribution >= 4 is 22.4 Å². The molecule has 0 saturated carbocycles. The number of carbonyl (C=O) groups is 1. The number of unbranched alkanes of at least 4 members (excludes halogenated alkanes) is 2. The number of ketones is 1. The van der Waals surface area contributed by atoms with Crippen LogP contribution in [0.15, 0.2) is 67.3 Å². The smallest absolute Gasteiger partial charge is 0.200 e. The van der Waals surface area contributed by atoms with E-state index in [9.17, 15) is 9.90 Å². The first-order chi connectivity index (χ1) is 16.6. The standard InChI is InChI=1S/C25H24N6O3/c1-2-3-4-5-6-7-15-34-17-13-11-16(12-14-17)23(32)18-9-8-10-19-21(18)27-22(20(26)24(19)33)25-28-30-31-29-25/h2,6-14H,1,3-5,15,26H2,(H,27,33)(H,28,29,30,31)/b7-6+. The summed E-state index contributed by atoms with van der Waals surface area (Å²) in [6, 6.07) is 11.9. The number of hydrogen-bond donors (Lipinski definition) is 3. The molecule has 2 aromatic heterocycles. The molecule has 4 aromatic rings. The van der Waals surface area contributed by atoms with Crippen LogP contribution >= 0.6 is 0 Å². The van der Waals surface area contributed by atoms with Gasteiger partial charge in [-0.05, 0) is 66.1 Å². The first-order valence-electron chi connectivity index (χ1n) is 10.8. The molecule has 0 unspecified atom stereocenters. The van der Waals surface area contributed by atoms with Gasteiger partial charge in [-0.2, -0.15) is 0 Å². The average Bonchev–Trinajstić information content (AvgIpc) is 3.40. The second-order valence-corrected chi connectivity index (χ2v) is 7.53. The Morgan fingerprint density at radius 3 is 2.71 bits per heavy atom. The van der Waals surface area contributed by atoms with Gasteiger partial charge in [-0.3, -0.25) is 4.79 Å². The second kappa shape index (κ2) is 10.4. The van der Waals surface area contributed by atoms with Crippen molar-refractivity contribution in [3.8, 4) is 23.0 Å². The van der Waals surface area contributed by atoms with Gasteiger partial charge >= 0.3 is 0 Å². The third kappa shape index (κ3) is 4.78. The lowest BCUT2D eigenvalue weighted by Gasteiger charge is -2.11. The van der Waals surface area contributed by atoms with Gasteiger partial charge < -0.3 is 15.6 Å². The van der Waals surface area contributed by atoms with E-state index in [1.807, 2.05) is 12.2 Å². The fourth-order valence-corrected chi connectivity index (χ4v) is 3.48. The second-order valence-electron chi connectivity index (χ2n) is 7.53. The monoisotopic (exact) mass is 456 g/mol. The van der Waals surface area contributed by atoms with Crippen molar-refractivity contribution < 1.29 is 14.6 Å². The number of aromatic hydroxyl groups is 1. The molecular weight excluding hydrogens is 432 g/mol. The number of allylic oxidation sites excluding steroid dienone is 2. The highest BCUT2D eigenvalue weighted by Gasteiger charge is 2.21. The van der Waals surface area contributed by atoms with Gasteiger partial charge in [0.25, 0.3) is 0 Å². The van der Waals surface area contributed by atoms with Gasteiger partial charge in [-0.15, -0.1) is 11.7 Å². The summed E-state index contributed by atoms with van der Waals surface area (Å²) in [4.78, 5) is 17.8. The Labute approximate surface area is 196 Å². The van der Waals surface area contributed by atoms with Crippen molar-refractivity contribution in [3.63, 3.8) is 0 Å². The van der Waals surface area contributed by atoms with Crippen LogP contribution in [-0.4, -0.2) is 43.1 Å². The lowest BCUT2D eigenvalue weighted by Crippen LogP contribution is -2.05. The maximum Gasteiger partial charge on any atom is 0.200 e. The molecule has 0 aliphatic heterocycles. The zero-order valence-corrected chi connectivity index (χ0v) is 18.4. The number of hydrogen-bond acceptors (Lipinski definition) is 8. The third-order valence-corrected chi connectivity index (χ3v) is 5.25. The van der Waals surface area contributed by atoms with Crippen LogP contribution in [-0.2, 0) is 0 Å². The molecule has 0 atom stereocenters. The lowest BCUT2D eigenvalue weighted by molar-refractivity contribution is 0.104. The number of fused-ring (bicyclic) bond motifs is 1. The number of nitrogens with one attached hydrogen (secondary N) is 1. The maximum atomic E-state index is 13.3. The highest BCUT2D eigenvalue weighted by atomic mass is 16.5. The number of aromatic nitrogens is 5.